The topological polar surface area (TPSA) is 49.9 Å². The largest absolute Gasteiger partial charge is 0.461 e. The number of rotatable bonds is 12. The van der Waals surface area contributed by atoms with Crippen LogP contribution in [0.3, 0.4) is 0 Å². The summed E-state index contributed by atoms with van der Waals surface area (Å²) in [5, 5.41) is 0. The highest BCUT2D eigenvalue weighted by Crippen LogP contribution is 2.17. The Morgan fingerprint density at radius 3 is 2.00 bits per heavy atom. The number of amides is 1. The van der Waals surface area contributed by atoms with Gasteiger partial charge in [0.25, 0.3) is 0 Å². The van der Waals surface area contributed by atoms with Crippen molar-refractivity contribution >= 4 is 11.9 Å². The lowest BCUT2D eigenvalue weighted by Gasteiger charge is -2.24. The van der Waals surface area contributed by atoms with Gasteiger partial charge < -0.3 is 14.5 Å². The van der Waals surface area contributed by atoms with Gasteiger partial charge in [-0.25, -0.2) is 0 Å². The molecule has 1 atom stereocenters. The quantitative estimate of drug-likeness (QED) is 0.500. The summed E-state index contributed by atoms with van der Waals surface area (Å²) in [6.45, 7) is 7.85. The smallest absolute Gasteiger partial charge is 0.310 e. The van der Waals surface area contributed by atoms with E-state index in [-0.39, 0.29) is 24.9 Å². The van der Waals surface area contributed by atoms with E-state index >= 15 is 0 Å². The first-order valence-corrected chi connectivity index (χ1v) is 10.7. The second-order valence-corrected chi connectivity index (χ2v) is 7.53. The Bertz CT molecular complexity index is 760. The van der Waals surface area contributed by atoms with E-state index in [9.17, 15) is 9.59 Å². The van der Waals surface area contributed by atoms with Crippen LogP contribution in [0, 0.1) is 5.92 Å². The number of hydrogen-bond donors (Lipinski definition) is 0. The number of carbonyl (C=O) groups excluding carboxylic acids is 2. The maximum atomic E-state index is 12.8. The van der Waals surface area contributed by atoms with Crippen LogP contribution < -0.4 is 0 Å². The Morgan fingerprint density at radius 2 is 1.43 bits per heavy atom. The van der Waals surface area contributed by atoms with Crippen LogP contribution in [0.5, 0.6) is 0 Å². The second-order valence-electron chi connectivity index (χ2n) is 7.53. The molecule has 0 spiro atoms. The fraction of sp³-hybridized carbons (Fsp3) is 0.440. The lowest BCUT2D eigenvalue weighted by Crippen LogP contribution is -2.38. The molecule has 0 heterocycles. The summed E-state index contributed by atoms with van der Waals surface area (Å²) in [6.07, 6.45) is 0.640. The Balaban J connectivity index is 1.99. The molecule has 0 aliphatic carbocycles. The highest BCUT2D eigenvalue weighted by Gasteiger charge is 2.25. The molecule has 0 fully saturated rings. The minimum absolute atomic E-state index is 0.0280. The van der Waals surface area contributed by atoms with Gasteiger partial charge in [0, 0.05) is 26.6 Å². The summed E-state index contributed by atoms with van der Waals surface area (Å²) in [5.41, 5.74) is 1.96. The summed E-state index contributed by atoms with van der Waals surface area (Å²) in [7, 11) is 1.81. The van der Waals surface area contributed by atoms with Gasteiger partial charge in [0.05, 0.1) is 5.92 Å². The lowest BCUT2D eigenvalue weighted by atomic mass is 9.95. The number of benzene rings is 2. The number of likely N-dealkylation sites (N-methyl/N-ethyl adjacent to an activating group) is 2. The van der Waals surface area contributed by atoms with Crippen molar-refractivity contribution in [3.63, 3.8) is 0 Å². The van der Waals surface area contributed by atoms with Crippen molar-refractivity contribution in [1.82, 2.24) is 9.80 Å². The number of nitrogens with zero attached hydrogens (tertiary/aromatic N) is 2. The molecule has 2 aromatic carbocycles. The van der Waals surface area contributed by atoms with Gasteiger partial charge in [-0.2, -0.15) is 0 Å². The molecule has 0 N–H and O–H groups in total. The number of ether oxygens (including phenoxy) is 1. The third kappa shape index (κ3) is 7.99. The Kier molecular flexibility index (Phi) is 10.1. The van der Waals surface area contributed by atoms with Gasteiger partial charge in [-0.15, -0.1) is 0 Å². The molecule has 0 aliphatic heterocycles. The molecule has 2 rings (SSSR count). The molecule has 5 heteroatoms. The summed E-state index contributed by atoms with van der Waals surface area (Å²) < 4.78 is 5.56. The zero-order valence-corrected chi connectivity index (χ0v) is 18.4. The van der Waals surface area contributed by atoms with Crippen molar-refractivity contribution < 1.29 is 14.3 Å². The molecule has 0 aromatic heterocycles. The van der Waals surface area contributed by atoms with E-state index in [1.165, 1.54) is 0 Å². The SMILES string of the molecule is CCN(CC)CCN(C)C(=O)C[C@@H](Cc1ccccc1)C(=O)OCc1ccccc1. The van der Waals surface area contributed by atoms with E-state index in [1.807, 2.05) is 60.7 Å². The molecule has 0 aliphatic rings. The van der Waals surface area contributed by atoms with Gasteiger partial charge in [-0.05, 0) is 30.6 Å². The van der Waals surface area contributed by atoms with E-state index in [0.29, 0.717) is 13.0 Å². The van der Waals surface area contributed by atoms with Gasteiger partial charge in [0.2, 0.25) is 5.91 Å². The third-order valence-corrected chi connectivity index (χ3v) is 5.38. The third-order valence-electron chi connectivity index (χ3n) is 5.38. The molecule has 0 bridgehead atoms. The number of carbonyl (C=O) groups is 2. The van der Waals surface area contributed by atoms with Crippen molar-refractivity contribution in [2.45, 2.75) is 33.3 Å². The van der Waals surface area contributed by atoms with Crippen LogP contribution in [0.1, 0.15) is 31.4 Å². The first kappa shape index (κ1) is 23.6. The molecular weight excluding hydrogens is 376 g/mol. The van der Waals surface area contributed by atoms with Crippen molar-refractivity contribution in [3.8, 4) is 0 Å². The van der Waals surface area contributed by atoms with Gasteiger partial charge in [-0.1, -0.05) is 74.5 Å². The van der Waals surface area contributed by atoms with Crippen LogP contribution in [0.15, 0.2) is 60.7 Å². The minimum Gasteiger partial charge on any atom is -0.461 e. The highest BCUT2D eigenvalue weighted by atomic mass is 16.5. The highest BCUT2D eigenvalue weighted by molar-refractivity contribution is 5.83. The molecule has 30 heavy (non-hydrogen) atoms. The second kappa shape index (κ2) is 12.8. The zero-order valence-electron chi connectivity index (χ0n) is 18.4. The standard InChI is InChI=1S/C25H34N2O3/c1-4-27(5-2)17-16-26(3)24(28)19-23(18-21-12-8-6-9-13-21)25(29)30-20-22-14-10-7-11-15-22/h6-15,23H,4-5,16-20H2,1-3H3/t23-/m1/s1. The normalized spacial score (nSPS) is 11.9. The van der Waals surface area contributed by atoms with Crippen LogP contribution in [-0.4, -0.2) is 54.9 Å². The molecular formula is C25H34N2O3. The molecule has 162 valence electrons. The predicted octanol–water partition coefficient (Wildman–Crippen LogP) is 3.78. The van der Waals surface area contributed by atoms with Crippen LogP contribution in [0.4, 0.5) is 0 Å². The number of hydrogen-bond acceptors (Lipinski definition) is 4. The Labute approximate surface area is 180 Å². The molecule has 0 saturated heterocycles. The maximum absolute atomic E-state index is 12.8. The van der Waals surface area contributed by atoms with E-state index in [4.69, 9.17) is 4.74 Å². The Morgan fingerprint density at radius 1 is 0.867 bits per heavy atom. The van der Waals surface area contributed by atoms with Crippen molar-refractivity contribution in [3.05, 3.63) is 71.8 Å². The molecule has 0 saturated carbocycles. The summed E-state index contributed by atoms with van der Waals surface area (Å²) in [6, 6.07) is 19.4. The fourth-order valence-electron chi connectivity index (χ4n) is 3.31. The van der Waals surface area contributed by atoms with Gasteiger partial charge in [0.1, 0.15) is 6.61 Å². The van der Waals surface area contributed by atoms with Crippen molar-refractivity contribution in [2.24, 2.45) is 5.92 Å². The van der Waals surface area contributed by atoms with E-state index in [0.717, 1.165) is 30.8 Å². The van der Waals surface area contributed by atoms with Crippen LogP contribution >= 0.6 is 0 Å². The van der Waals surface area contributed by atoms with Crippen LogP contribution in [0.25, 0.3) is 0 Å². The molecule has 5 nitrogen and oxygen atoms in total. The summed E-state index contributed by atoms with van der Waals surface area (Å²) in [5.74, 6) is -0.854. The van der Waals surface area contributed by atoms with Crippen molar-refractivity contribution in [2.75, 3.05) is 33.2 Å². The molecule has 2 aromatic rings. The average molecular weight is 411 g/mol. The predicted molar refractivity (Wildman–Crippen MR) is 120 cm³/mol. The molecule has 0 radical (unpaired) electrons. The lowest BCUT2D eigenvalue weighted by molar-refractivity contribution is -0.152. The first-order valence-electron chi connectivity index (χ1n) is 10.7. The van der Waals surface area contributed by atoms with Crippen LogP contribution in [0.2, 0.25) is 0 Å². The summed E-state index contributed by atoms with van der Waals surface area (Å²) >= 11 is 0. The average Bonchev–Trinajstić information content (AvgIpc) is 2.78. The zero-order chi connectivity index (χ0) is 21.8. The van der Waals surface area contributed by atoms with Gasteiger partial charge >= 0.3 is 5.97 Å². The maximum Gasteiger partial charge on any atom is 0.310 e. The van der Waals surface area contributed by atoms with Crippen LogP contribution in [-0.2, 0) is 27.4 Å². The monoisotopic (exact) mass is 410 g/mol. The number of esters is 1. The van der Waals surface area contributed by atoms with E-state index < -0.39 is 5.92 Å². The minimum atomic E-state index is -0.500. The van der Waals surface area contributed by atoms with Gasteiger partial charge in [-0.3, -0.25) is 9.59 Å². The molecule has 0 unspecified atom stereocenters. The van der Waals surface area contributed by atoms with Crippen molar-refractivity contribution in [1.29, 1.82) is 0 Å². The fourth-order valence-corrected chi connectivity index (χ4v) is 3.31. The Hall–Kier alpha value is -2.66. The first-order chi connectivity index (χ1) is 14.5. The van der Waals surface area contributed by atoms with E-state index in [1.54, 1.807) is 11.9 Å². The molecule has 1 amide bonds. The van der Waals surface area contributed by atoms with E-state index in [2.05, 4.69) is 18.7 Å². The summed E-state index contributed by atoms with van der Waals surface area (Å²) in [4.78, 5) is 29.6. The van der Waals surface area contributed by atoms with Gasteiger partial charge in [0.15, 0.2) is 0 Å².